The summed E-state index contributed by atoms with van der Waals surface area (Å²) < 4.78 is 11.4. The molecule has 0 bridgehead atoms. The summed E-state index contributed by atoms with van der Waals surface area (Å²) in [4.78, 5) is 17.4. The number of ether oxygens (including phenoxy) is 2. The molecule has 2 saturated heterocycles. The van der Waals surface area contributed by atoms with Crippen LogP contribution in [0.5, 0.6) is 11.5 Å². The lowest BCUT2D eigenvalue weighted by Crippen LogP contribution is -2.50. The minimum absolute atomic E-state index is 0.0375. The number of piperidine rings is 2. The minimum atomic E-state index is 0.0375. The fraction of sp³-hybridized carbons (Fsp3) is 0.458. The molecule has 2 N–H and O–H groups in total. The Hall–Kier alpha value is -2.15. The number of anilines is 1. The van der Waals surface area contributed by atoms with E-state index in [0.717, 1.165) is 57.6 Å². The third kappa shape index (κ3) is 5.25. The molecule has 0 aromatic heterocycles. The molecule has 2 aromatic carbocycles. The van der Waals surface area contributed by atoms with E-state index in [1.54, 1.807) is 37.4 Å². The largest absolute Gasteiger partial charge is 0.495 e. The summed E-state index contributed by atoms with van der Waals surface area (Å²) in [6.45, 7) is 3.52. The summed E-state index contributed by atoms with van der Waals surface area (Å²) in [5.41, 5.74) is 7.03. The first kappa shape index (κ1) is 23.0. The molecule has 32 heavy (non-hydrogen) atoms. The Bertz CT molecular complexity index is 956. The molecule has 0 atom stereocenters. The number of methoxy groups -OCH3 is 1. The van der Waals surface area contributed by atoms with Crippen molar-refractivity contribution in [2.24, 2.45) is 0 Å². The van der Waals surface area contributed by atoms with Crippen molar-refractivity contribution in [1.82, 2.24) is 9.80 Å². The van der Waals surface area contributed by atoms with Crippen LogP contribution in [0.1, 0.15) is 36.0 Å². The number of amides is 1. The van der Waals surface area contributed by atoms with Gasteiger partial charge in [-0.25, -0.2) is 0 Å². The molecule has 0 spiro atoms. The molecule has 0 unspecified atom stereocenters. The molecule has 4 rings (SSSR count). The second-order valence-electron chi connectivity index (χ2n) is 8.41. The molecule has 0 saturated carbocycles. The number of hydrogen-bond acceptors (Lipinski definition) is 5. The standard InChI is InChI=1S/C24H29Cl2N3O3/c1-31-23-14-16(2-5-22(23)27)24(30)29-10-6-17(7-11-29)28-12-8-18(9-13-28)32-19-3-4-20(25)21(26)15-19/h2-5,14-15,17-18H,6-13,27H2,1H3. The first-order valence-corrected chi connectivity index (χ1v) is 11.8. The highest BCUT2D eigenvalue weighted by molar-refractivity contribution is 6.42. The van der Waals surface area contributed by atoms with Gasteiger partial charge in [0.2, 0.25) is 0 Å². The van der Waals surface area contributed by atoms with Crippen molar-refractivity contribution < 1.29 is 14.3 Å². The summed E-state index contributed by atoms with van der Waals surface area (Å²) in [6, 6.07) is 11.1. The van der Waals surface area contributed by atoms with Crippen molar-refractivity contribution in [2.75, 3.05) is 39.0 Å². The Labute approximate surface area is 199 Å². The molecule has 0 aliphatic carbocycles. The fourth-order valence-corrected chi connectivity index (χ4v) is 4.85. The molecule has 2 aromatic rings. The number of carbonyl (C=O) groups excluding carboxylic acids is 1. The van der Waals surface area contributed by atoms with Gasteiger partial charge in [-0.15, -0.1) is 0 Å². The van der Waals surface area contributed by atoms with Gasteiger partial charge in [-0.1, -0.05) is 23.2 Å². The first-order chi connectivity index (χ1) is 15.4. The maximum absolute atomic E-state index is 12.9. The van der Waals surface area contributed by atoms with Gasteiger partial charge in [0, 0.05) is 43.9 Å². The molecule has 6 nitrogen and oxygen atoms in total. The van der Waals surface area contributed by atoms with Gasteiger partial charge < -0.3 is 20.1 Å². The van der Waals surface area contributed by atoms with E-state index < -0.39 is 0 Å². The minimum Gasteiger partial charge on any atom is -0.495 e. The van der Waals surface area contributed by atoms with Gasteiger partial charge in [-0.2, -0.15) is 0 Å². The van der Waals surface area contributed by atoms with Crippen LogP contribution in [0.3, 0.4) is 0 Å². The van der Waals surface area contributed by atoms with Crippen LogP contribution in [0, 0.1) is 0 Å². The van der Waals surface area contributed by atoms with Gasteiger partial charge in [-0.05, 0) is 56.0 Å². The maximum atomic E-state index is 12.9. The Morgan fingerprint density at radius 3 is 2.34 bits per heavy atom. The van der Waals surface area contributed by atoms with E-state index in [9.17, 15) is 4.79 Å². The Kier molecular flexibility index (Phi) is 7.33. The lowest BCUT2D eigenvalue weighted by molar-refractivity contribution is 0.0425. The summed E-state index contributed by atoms with van der Waals surface area (Å²) in [5.74, 6) is 1.34. The SMILES string of the molecule is COc1cc(C(=O)N2CCC(N3CCC(Oc4ccc(Cl)c(Cl)c4)CC3)CC2)ccc1N. The Morgan fingerprint density at radius 2 is 1.69 bits per heavy atom. The van der Waals surface area contributed by atoms with Crippen molar-refractivity contribution in [1.29, 1.82) is 0 Å². The van der Waals surface area contributed by atoms with Gasteiger partial charge in [0.15, 0.2) is 0 Å². The van der Waals surface area contributed by atoms with Crippen LogP contribution in [0.15, 0.2) is 36.4 Å². The maximum Gasteiger partial charge on any atom is 0.253 e. The normalized spacial score (nSPS) is 18.5. The number of hydrogen-bond donors (Lipinski definition) is 1. The third-order valence-electron chi connectivity index (χ3n) is 6.42. The zero-order valence-corrected chi connectivity index (χ0v) is 19.7. The highest BCUT2D eigenvalue weighted by Crippen LogP contribution is 2.29. The van der Waals surface area contributed by atoms with Crippen molar-refractivity contribution in [3.05, 3.63) is 52.0 Å². The molecular formula is C24H29Cl2N3O3. The Morgan fingerprint density at radius 1 is 0.969 bits per heavy atom. The molecule has 172 valence electrons. The van der Waals surface area contributed by atoms with Crippen molar-refractivity contribution in [3.63, 3.8) is 0 Å². The number of nitrogen functional groups attached to an aromatic ring is 1. The van der Waals surface area contributed by atoms with Gasteiger partial charge in [0.1, 0.15) is 17.6 Å². The molecule has 2 aliphatic rings. The lowest BCUT2D eigenvalue weighted by Gasteiger charge is -2.41. The van der Waals surface area contributed by atoms with E-state index >= 15 is 0 Å². The molecule has 1 amide bonds. The van der Waals surface area contributed by atoms with Crippen LogP contribution in [-0.2, 0) is 0 Å². The quantitative estimate of drug-likeness (QED) is 0.630. The number of likely N-dealkylation sites (tertiary alicyclic amines) is 2. The smallest absolute Gasteiger partial charge is 0.253 e. The molecule has 0 radical (unpaired) electrons. The van der Waals surface area contributed by atoms with Gasteiger partial charge in [0.05, 0.1) is 22.8 Å². The van der Waals surface area contributed by atoms with Crippen LogP contribution in [-0.4, -0.2) is 61.1 Å². The Balaban J connectivity index is 1.25. The lowest BCUT2D eigenvalue weighted by atomic mass is 9.98. The van der Waals surface area contributed by atoms with E-state index in [-0.39, 0.29) is 12.0 Å². The summed E-state index contributed by atoms with van der Waals surface area (Å²) >= 11 is 12.1. The van der Waals surface area contributed by atoms with Crippen LogP contribution in [0.4, 0.5) is 5.69 Å². The molecule has 2 heterocycles. The van der Waals surface area contributed by atoms with Crippen molar-refractivity contribution >= 4 is 34.8 Å². The van der Waals surface area contributed by atoms with Gasteiger partial charge in [0.25, 0.3) is 5.91 Å². The molecule has 8 heteroatoms. The van der Waals surface area contributed by atoms with Crippen LogP contribution < -0.4 is 15.2 Å². The number of halogens is 2. The predicted molar refractivity (Wildman–Crippen MR) is 128 cm³/mol. The van der Waals surface area contributed by atoms with E-state index in [1.165, 1.54) is 0 Å². The number of nitrogens with two attached hydrogens (primary N) is 1. The van der Waals surface area contributed by atoms with E-state index in [2.05, 4.69) is 4.90 Å². The van der Waals surface area contributed by atoms with Crippen LogP contribution >= 0.6 is 23.2 Å². The summed E-state index contributed by atoms with van der Waals surface area (Å²) in [5, 5.41) is 1.05. The van der Waals surface area contributed by atoms with Crippen molar-refractivity contribution in [2.45, 2.75) is 37.8 Å². The second kappa shape index (κ2) is 10.2. The average Bonchev–Trinajstić information content (AvgIpc) is 2.82. The number of nitrogens with zero attached hydrogens (tertiary/aromatic N) is 2. The number of benzene rings is 2. The number of carbonyl (C=O) groups is 1. The zero-order valence-electron chi connectivity index (χ0n) is 18.2. The third-order valence-corrected chi connectivity index (χ3v) is 7.16. The number of rotatable bonds is 5. The topological polar surface area (TPSA) is 68.0 Å². The second-order valence-corrected chi connectivity index (χ2v) is 9.22. The summed E-state index contributed by atoms with van der Waals surface area (Å²) in [6.07, 6.45) is 4.10. The van der Waals surface area contributed by atoms with Gasteiger partial charge >= 0.3 is 0 Å². The fourth-order valence-electron chi connectivity index (χ4n) is 4.56. The first-order valence-electron chi connectivity index (χ1n) is 11.0. The molecule has 2 fully saturated rings. The van der Waals surface area contributed by atoms with Crippen LogP contribution in [0.25, 0.3) is 0 Å². The van der Waals surface area contributed by atoms with E-state index in [1.807, 2.05) is 11.0 Å². The van der Waals surface area contributed by atoms with E-state index in [0.29, 0.717) is 33.1 Å². The zero-order chi connectivity index (χ0) is 22.7. The highest BCUT2D eigenvalue weighted by Gasteiger charge is 2.30. The monoisotopic (exact) mass is 477 g/mol. The van der Waals surface area contributed by atoms with E-state index in [4.69, 9.17) is 38.4 Å². The predicted octanol–water partition coefficient (Wildman–Crippen LogP) is 4.73. The summed E-state index contributed by atoms with van der Waals surface area (Å²) in [7, 11) is 1.56. The van der Waals surface area contributed by atoms with Crippen LogP contribution in [0.2, 0.25) is 10.0 Å². The van der Waals surface area contributed by atoms with Crippen molar-refractivity contribution in [3.8, 4) is 11.5 Å². The average molecular weight is 478 g/mol. The highest BCUT2D eigenvalue weighted by atomic mass is 35.5. The molecule has 2 aliphatic heterocycles. The molecular weight excluding hydrogens is 449 g/mol. The van der Waals surface area contributed by atoms with Gasteiger partial charge in [-0.3, -0.25) is 9.69 Å².